The summed E-state index contributed by atoms with van der Waals surface area (Å²) >= 11 is 0. The minimum Gasteiger partial charge on any atom is -0.286 e. The van der Waals surface area contributed by atoms with E-state index >= 15 is 0 Å². The molecule has 0 unspecified atom stereocenters. The lowest BCUT2D eigenvalue weighted by Crippen LogP contribution is -2.33. The van der Waals surface area contributed by atoms with Crippen LogP contribution in [0.15, 0.2) is 0 Å². The minimum atomic E-state index is 0.410. The highest BCUT2D eigenvalue weighted by atomic mass is 15.1. The zero-order valence-corrected chi connectivity index (χ0v) is 12.7. The van der Waals surface area contributed by atoms with E-state index < -0.39 is 0 Å². The highest BCUT2D eigenvalue weighted by Gasteiger charge is 2.22. The van der Waals surface area contributed by atoms with E-state index in [9.17, 15) is 0 Å². The minimum absolute atomic E-state index is 0.410. The number of nitriles is 1. The molecule has 2 rings (SSSR count). The standard InChI is InChI=1S/C13H18N4.C2H6/c1-9(2)13-11-8-17(7-5-14)6-4-12(11)15-10(3)16-13;1-2/h9H,4,6-8H2,1-3H3;1-2H3. The number of aromatic nitrogens is 2. The summed E-state index contributed by atoms with van der Waals surface area (Å²) < 4.78 is 0. The molecule has 1 aliphatic heterocycles. The Morgan fingerprint density at radius 3 is 2.58 bits per heavy atom. The second kappa shape index (κ2) is 7.20. The number of hydrogen-bond acceptors (Lipinski definition) is 4. The summed E-state index contributed by atoms with van der Waals surface area (Å²) in [6, 6.07) is 2.21. The first-order valence-corrected chi connectivity index (χ1v) is 7.07. The van der Waals surface area contributed by atoms with Crippen molar-refractivity contribution in [1.29, 1.82) is 5.26 Å². The Hall–Kier alpha value is -1.47. The van der Waals surface area contributed by atoms with Crippen LogP contribution in [0.1, 0.15) is 56.4 Å². The summed E-state index contributed by atoms with van der Waals surface area (Å²) in [6.07, 6.45) is 0.931. The molecule has 0 saturated heterocycles. The van der Waals surface area contributed by atoms with Crippen LogP contribution in [0.25, 0.3) is 0 Å². The summed E-state index contributed by atoms with van der Waals surface area (Å²) in [7, 11) is 0. The molecule has 4 nitrogen and oxygen atoms in total. The van der Waals surface area contributed by atoms with E-state index in [-0.39, 0.29) is 0 Å². The summed E-state index contributed by atoms with van der Waals surface area (Å²) in [6.45, 7) is 12.5. The molecule has 0 bridgehead atoms. The zero-order chi connectivity index (χ0) is 14.4. The first kappa shape index (κ1) is 15.6. The van der Waals surface area contributed by atoms with Crippen molar-refractivity contribution in [2.45, 2.75) is 53.5 Å². The maximum absolute atomic E-state index is 8.77. The van der Waals surface area contributed by atoms with Crippen molar-refractivity contribution in [3.05, 3.63) is 22.8 Å². The zero-order valence-electron chi connectivity index (χ0n) is 12.7. The molecule has 0 aliphatic carbocycles. The number of fused-ring (bicyclic) bond motifs is 1. The van der Waals surface area contributed by atoms with E-state index in [1.165, 1.54) is 11.3 Å². The van der Waals surface area contributed by atoms with Crippen LogP contribution in [-0.4, -0.2) is 28.0 Å². The first-order valence-electron chi connectivity index (χ1n) is 7.07. The molecular formula is C15H24N4. The van der Waals surface area contributed by atoms with Gasteiger partial charge in [-0.15, -0.1) is 0 Å². The smallest absolute Gasteiger partial charge is 0.125 e. The lowest BCUT2D eigenvalue weighted by atomic mass is 9.97. The monoisotopic (exact) mass is 260 g/mol. The summed E-state index contributed by atoms with van der Waals surface area (Å²) in [5.41, 5.74) is 3.57. The van der Waals surface area contributed by atoms with Gasteiger partial charge in [-0.25, -0.2) is 9.97 Å². The van der Waals surface area contributed by atoms with Crippen LogP contribution in [0.3, 0.4) is 0 Å². The van der Waals surface area contributed by atoms with Gasteiger partial charge in [0.2, 0.25) is 0 Å². The molecule has 104 valence electrons. The summed E-state index contributed by atoms with van der Waals surface area (Å²) in [5.74, 6) is 1.27. The van der Waals surface area contributed by atoms with Gasteiger partial charge in [-0.2, -0.15) is 5.26 Å². The second-order valence-electron chi connectivity index (χ2n) is 4.85. The summed E-state index contributed by atoms with van der Waals surface area (Å²) in [4.78, 5) is 11.3. The van der Waals surface area contributed by atoms with Gasteiger partial charge in [-0.05, 0) is 12.8 Å². The maximum Gasteiger partial charge on any atom is 0.125 e. The van der Waals surface area contributed by atoms with Crippen molar-refractivity contribution >= 4 is 0 Å². The van der Waals surface area contributed by atoms with Gasteiger partial charge in [-0.1, -0.05) is 27.7 Å². The predicted molar refractivity (Wildman–Crippen MR) is 76.8 cm³/mol. The number of hydrogen-bond donors (Lipinski definition) is 0. The SMILES string of the molecule is CC.Cc1nc2c(c(C(C)C)n1)CN(CC#N)CC2. The number of nitrogens with zero attached hydrogens (tertiary/aromatic N) is 4. The molecule has 0 atom stereocenters. The van der Waals surface area contributed by atoms with Gasteiger partial charge >= 0.3 is 0 Å². The summed E-state index contributed by atoms with van der Waals surface area (Å²) in [5, 5.41) is 8.77. The Morgan fingerprint density at radius 1 is 1.32 bits per heavy atom. The van der Waals surface area contributed by atoms with E-state index in [0.29, 0.717) is 12.5 Å². The Bertz CT molecular complexity index is 460. The van der Waals surface area contributed by atoms with Crippen LogP contribution in [0.5, 0.6) is 0 Å². The van der Waals surface area contributed by atoms with Crippen molar-refractivity contribution in [3.63, 3.8) is 0 Å². The highest BCUT2D eigenvalue weighted by Crippen LogP contribution is 2.25. The third-order valence-corrected chi connectivity index (χ3v) is 3.12. The topological polar surface area (TPSA) is 52.8 Å². The molecule has 1 aliphatic rings. The number of rotatable bonds is 2. The van der Waals surface area contributed by atoms with E-state index in [0.717, 1.165) is 31.0 Å². The third-order valence-electron chi connectivity index (χ3n) is 3.12. The third kappa shape index (κ3) is 3.74. The van der Waals surface area contributed by atoms with Crippen molar-refractivity contribution in [3.8, 4) is 6.07 Å². The largest absolute Gasteiger partial charge is 0.286 e. The van der Waals surface area contributed by atoms with Crippen molar-refractivity contribution in [1.82, 2.24) is 14.9 Å². The molecule has 0 radical (unpaired) electrons. The van der Waals surface area contributed by atoms with E-state index in [1.807, 2.05) is 20.8 Å². The fraction of sp³-hybridized carbons (Fsp3) is 0.667. The van der Waals surface area contributed by atoms with Crippen LogP contribution >= 0.6 is 0 Å². The van der Waals surface area contributed by atoms with Gasteiger partial charge in [0.15, 0.2) is 0 Å². The molecule has 0 N–H and O–H groups in total. The average molecular weight is 260 g/mol. The predicted octanol–water partition coefficient (Wildman–Crippen LogP) is 2.82. The Labute approximate surface area is 116 Å². The van der Waals surface area contributed by atoms with E-state index in [2.05, 4.69) is 34.8 Å². The number of aryl methyl sites for hydroxylation is 1. The molecule has 4 heteroatoms. The second-order valence-corrected chi connectivity index (χ2v) is 4.85. The molecule has 0 aromatic carbocycles. The Balaban J connectivity index is 0.000000861. The molecule has 1 aromatic rings. The van der Waals surface area contributed by atoms with Gasteiger partial charge < -0.3 is 0 Å². The molecule has 0 amide bonds. The fourth-order valence-corrected chi connectivity index (χ4v) is 2.34. The van der Waals surface area contributed by atoms with Gasteiger partial charge in [0.05, 0.1) is 24.0 Å². The molecule has 1 aromatic heterocycles. The maximum atomic E-state index is 8.77. The van der Waals surface area contributed by atoms with Crippen molar-refractivity contribution in [2.24, 2.45) is 0 Å². The highest BCUT2D eigenvalue weighted by molar-refractivity contribution is 5.30. The van der Waals surface area contributed by atoms with Gasteiger partial charge in [0.25, 0.3) is 0 Å². The molecule has 19 heavy (non-hydrogen) atoms. The van der Waals surface area contributed by atoms with Crippen molar-refractivity contribution in [2.75, 3.05) is 13.1 Å². The Kier molecular flexibility index (Phi) is 5.91. The van der Waals surface area contributed by atoms with Crippen LogP contribution in [0, 0.1) is 18.3 Å². The lowest BCUT2D eigenvalue weighted by Gasteiger charge is -2.28. The van der Waals surface area contributed by atoms with Crippen LogP contribution < -0.4 is 0 Å². The molecule has 2 heterocycles. The van der Waals surface area contributed by atoms with Gasteiger partial charge in [-0.3, -0.25) is 4.90 Å². The van der Waals surface area contributed by atoms with Crippen molar-refractivity contribution < 1.29 is 0 Å². The normalized spacial score (nSPS) is 14.4. The van der Waals surface area contributed by atoms with Crippen LogP contribution in [0.2, 0.25) is 0 Å². The lowest BCUT2D eigenvalue weighted by molar-refractivity contribution is 0.279. The van der Waals surface area contributed by atoms with Crippen LogP contribution in [0.4, 0.5) is 0 Å². The molecule has 0 fully saturated rings. The molecule has 0 spiro atoms. The molecule has 0 saturated carbocycles. The molecular weight excluding hydrogens is 236 g/mol. The van der Waals surface area contributed by atoms with Gasteiger partial charge in [0, 0.05) is 25.1 Å². The fourth-order valence-electron chi connectivity index (χ4n) is 2.34. The van der Waals surface area contributed by atoms with Crippen LogP contribution in [-0.2, 0) is 13.0 Å². The first-order chi connectivity index (χ1) is 9.11. The Morgan fingerprint density at radius 2 is 2.00 bits per heavy atom. The average Bonchev–Trinajstić information content (AvgIpc) is 2.40. The van der Waals surface area contributed by atoms with E-state index in [1.54, 1.807) is 0 Å². The quantitative estimate of drug-likeness (QED) is 0.767. The van der Waals surface area contributed by atoms with Gasteiger partial charge in [0.1, 0.15) is 5.82 Å². The van der Waals surface area contributed by atoms with E-state index in [4.69, 9.17) is 5.26 Å².